The van der Waals surface area contributed by atoms with Crippen molar-refractivity contribution in [1.29, 1.82) is 0 Å². The molecule has 1 saturated heterocycles. The van der Waals surface area contributed by atoms with Gasteiger partial charge in [0.1, 0.15) is 12.1 Å². The molecular formula is C15H23N3O. The summed E-state index contributed by atoms with van der Waals surface area (Å²) >= 11 is 0. The normalized spacial score (nSPS) is 23.2. The molecule has 1 aromatic heterocycles. The van der Waals surface area contributed by atoms with E-state index in [1.54, 1.807) is 6.33 Å². The third kappa shape index (κ3) is 2.73. The summed E-state index contributed by atoms with van der Waals surface area (Å²) in [6.07, 6.45) is 9.87. The number of hydrogen-bond donors (Lipinski definition) is 1. The third-order valence-corrected chi connectivity index (χ3v) is 4.46. The lowest BCUT2D eigenvalue weighted by Gasteiger charge is -2.35. The number of rotatable bonds is 3. The molecule has 0 saturated carbocycles. The zero-order chi connectivity index (χ0) is 13.1. The predicted molar refractivity (Wildman–Crippen MR) is 75.3 cm³/mol. The minimum Gasteiger partial charge on any atom is -0.396 e. The second-order valence-electron chi connectivity index (χ2n) is 5.80. The summed E-state index contributed by atoms with van der Waals surface area (Å²) in [4.78, 5) is 11.4. The lowest BCUT2D eigenvalue weighted by molar-refractivity contribution is 0.244. The first-order valence-corrected chi connectivity index (χ1v) is 7.57. The Kier molecular flexibility index (Phi) is 3.97. The van der Waals surface area contributed by atoms with Crippen molar-refractivity contribution in [3.05, 3.63) is 17.6 Å². The Morgan fingerprint density at radius 2 is 2.11 bits per heavy atom. The van der Waals surface area contributed by atoms with Gasteiger partial charge in [-0.15, -0.1) is 0 Å². The van der Waals surface area contributed by atoms with Gasteiger partial charge in [-0.05, 0) is 50.9 Å². The average molecular weight is 261 g/mol. The molecule has 0 aromatic carbocycles. The van der Waals surface area contributed by atoms with E-state index < -0.39 is 0 Å². The first-order chi connectivity index (χ1) is 9.38. The molecule has 0 amide bonds. The van der Waals surface area contributed by atoms with Crippen LogP contribution in [-0.4, -0.2) is 34.8 Å². The highest BCUT2D eigenvalue weighted by atomic mass is 16.3. The van der Waals surface area contributed by atoms with Crippen molar-refractivity contribution in [3.63, 3.8) is 0 Å². The molecule has 2 aliphatic rings. The zero-order valence-corrected chi connectivity index (χ0v) is 11.5. The van der Waals surface area contributed by atoms with E-state index in [4.69, 9.17) is 5.11 Å². The molecule has 1 unspecified atom stereocenters. The van der Waals surface area contributed by atoms with E-state index in [9.17, 15) is 0 Å². The summed E-state index contributed by atoms with van der Waals surface area (Å²) < 4.78 is 0. The SMILES string of the molecule is OCCC1CCCN(c2ncnc3c2CCCC3)C1. The Labute approximate surface area is 114 Å². The van der Waals surface area contributed by atoms with Crippen LogP contribution in [0.5, 0.6) is 0 Å². The Morgan fingerprint density at radius 3 is 3.00 bits per heavy atom. The van der Waals surface area contributed by atoms with E-state index in [2.05, 4.69) is 14.9 Å². The molecule has 1 atom stereocenters. The van der Waals surface area contributed by atoms with Crippen LogP contribution >= 0.6 is 0 Å². The average Bonchev–Trinajstić information content (AvgIpc) is 2.47. The van der Waals surface area contributed by atoms with Gasteiger partial charge in [-0.25, -0.2) is 9.97 Å². The summed E-state index contributed by atoms with van der Waals surface area (Å²) in [5.74, 6) is 1.79. The number of aliphatic hydroxyl groups excluding tert-OH is 1. The summed E-state index contributed by atoms with van der Waals surface area (Å²) in [6, 6.07) is 0. The van der Waals surface area contributed by atoms with Gasteiger partial charge in [0.25, 0.3) is 0 Å². The summed E-state index contributed by atoms with van der Waals surface area (Å²) in [5, 5.41) is 9.12. The van der Waals surface area contributed by atoms with Crippen LogP contribution in [0.1, 0.15) is 43.4 Å². The number of fused-ring (bicyclic) bond motifs is 1. The van der Waals surface area contributed by atoms with E-state index in [-0.39, 0.29) is 0 Å². The topological polar surface area (TPSA) is 49.2 Å². The van der Waals surface area contributed by atoms with Crippen LogP contribution in [-0.2, 0) is 12.8 Å². The molecule has 0 radical (unpaired) electrons. The summed E-state index contributed by atoms with van der Waals surface area (Å²) in [5.41, 5.74) is 2.65. The van der Waals surface area contributed by atoms with Crippen molar-refractivity contribution >= 4 is 5.82 Å². The van der Waals surface area contributed by atoms with E-state index in [0.717, 1.165) is 32.4 Å². The quantitative estimate of drug-likeness (QED) is 0.903. The first-order valence-electron chi connectivity index (χ1n) is 7.57. The van der Waals surface area contributed by atoms with Gasteiger partial charge in [-0.2, -0.15) is 0 Å². The molecule has 1 aromatic rings. The van der Waals surface area contributed by atoms with Crippen LogP contribution in [0.3, 0.4) is 0 Å². The maximum Gasteiger partial charge on any atom is 0.135 e. The van der Waals surface area contributed by atoms with Crippen LogP contribution in [0.2, 0.25) is 0 Å². The minimum absolute atomic E-state index is 0.306. The van der Waals surface area contributed by atoms with Crippen molar-refractivity contribution in [2.45, 2.75) is 44.9 Å². The second kappa shape index (κ2) is 5.87. The lowest BCUT2D eigenvalue weighted by Crippen LogP contribution is -2.37. The molecule has 4 heteroatoms. The third-order valence-electron chi connectivity index (χ3n) is 4.46. The van der Waals surface area contributed by atoms with Crippen molar-refractivity contribution in [2.24, 2.45) is 5.92 Å². The van der Waals surface area contributed by atoms with E-state index in [1.807, 2.05) is 0 Å². The highest BCUT2D eigenvalue weighted by Crippen LogP contribution is 2.30. The maximum absolute atomic E-state index is 9.12. The van der Waals surface area contributed by atoms with Crippen molar-refractivity contribution < 1.29 is 5.11 Å². The maximum atomic E-state index is 9.12. The molecule has 2 heterocycles. The number of hydrogen-bond acceptors (Lipinski definition) is 4. The van der Waals surface area contributed by atoms with Gasteiger partial charge in [-0.3, -0.25) is 0 Å². The molecule has 0 spiro atoms. The molecule has 104 valence electrons. The fourth-order valence-corrected chi connectivity index (χ4v) is 3.45. The number of anilines is 1. The fraction of sp³-hybridized carbons (Fsp3) is 0.733. The van der Waals surface area contributed by atoms with Crippen molar-refractivity contribution in [2.75, 3.05) is 24.6 Å². The number of aryl methyl sites for hydroxylation is 1. The Hall–Kier alpha value is -1.16. The molecule has 0 bridgehead atoms. The van der Waals surface area contributed by atoms with Gasteiger partial charge in [0.15, 0.2) is 0 Å². The highest BCUT2D eigenvalue weighted by Gasteiger charge is 2.24. The Balaban J connectivity index is 1.81. The van der Waals surface area contributed by atoms with Crippen LogP contribution in [0.4, 0.5) is 5.82 Å². The number of aromatic nitrogens is 2. The Morgan fingerprint density at radius 1 is 1.21 bits per heavy atom. The van der Waals surface area contributed by atoms with E-state index in [0.29, 0.717) is 12.5 Å². The standard InChI is InChI=1S/C15H23N3O/c19-9-7-12-4-3-8-18(10-12)15-13-5-1-2-6-14(13)16-11-17-15/h11-12,19H,1-10H2. The van der Waals surface area contributed by atoms with Crippen LogP contribution in [0.15, 0.2) is 6.33 Å². The smallest absolute Gasteiger partial charge is 0.135 e. The second-order valence-corrected chi connectivity index (χ2v) is 5.80. The van der Waals surface area contributed by atoms with Crippen molar-refractivity contribution in [3.8, 4) is 0 Å². The van der Waals surface area contributed by atoms with Crippen molar-refractivity contribution in [1.82, 2.24) is 9.97 Å². The summed E-state index contributed by atoms with van der Waals surface area (Å²) in [7, 11) is 0. The van der Waals surface area contributed by atoms with Gasteiger partial charge in [0.05, 0.1) is 0 Å². The molecule has 19 heavy (non-hydrogen) atoms. The van der Waals surface area contributed by atoms with Crippen LogP contribution in [0, 0.1) is 5.92 Å². The monoisotopic (exact) mass is 261 g/mol. The number of aliphatic hydroxyl groups is 1. The molecule has 1 fully saturated rings. The fourth-order valence-electron chi connectivity index (χ4n) is 3.45. The van der Waals surface area contributed by atoms with Gasteiger partial charge < -0.3 is 10.0 Å². The molecule has 1 N–H and O–H groups in total. The Bertz CT molecular complexity index is 433. The first kappa shape index (κ1) is 12.9. The highest BCUT2D eigenvalue weighted by molar-refractivity contribution is 5.49. The summed E-state index contributed by atoms with van der Waals surface area (Å²) in [6.45, 7) is 2.45. The van der Waals surface area contributed by atoms with Gasteiger partial charge in [0.2, 0.25) is 0 Å². The van der Waals surface area contributed by atoms with Gasteiger partial charge in [-0.1, -0.05) is 0 Å². The lowest BCUT2D eigenvalue weighted by atomic mass is 9.93. The molecule has 1 aliphatic carbocycles. The van der Waals surface area contributed by atoms with E-state index in [1.165, 1.54) is 42.8 Å². The molecule has 3 rings (SSSR count). The number of nitrogens with zero attached hydrogens (tertiary/aromatic N) is 3. The molecule has 4 nitrogen and oxygen atoms in total. The van der Waals surface area contributed by atoms with Gasteiger partial charge >= 0.3 is 0 Å². The minimum atomic E-state index is 0.306. The van der Waals surface area contributed by atoms with Gasteiger partial charge in [0, 0.05) is 31.0 Å². The van der Waals surface area contributed by atoms with Crippen LogP contribution in [0.25, 0.3) is 0 Å². The predicted octanol–water partition coefficient (Wildman–Crippen LogP) is 1.95. The van der Waals surface area contributed by atoms with E-state index >= 15 is 0 Å². The van der Waals surface area contributed by atoms with Crippen LogP contribution < -0.4 is 4.90 Å². The molecule has 1 aliphatic heterocycles. The zero-order valence-electron chi connectivity index (χ0n) is 11.5. The molecular weight excluding hydrogens is 238 g/mol. The largest absolute Gasteiger partial charge is 0.396 e. The number of piperidine rings is 1.